The summed E-state index contributed by atoms with van der Waals surface area (Å²) in [4.78, 5) is 14.4. The largest absolute Gasteiger partial charge is 0.399 e. The van der Waals surface area contributed by atoms with Crippen molar-refractivity contribution >= 4 is 45.1 Å². The predicted molar refractivity (Wildman–Crippen MR) is 111 cm³/mol. The molecule has 0 heterocycles. The molecule has 0 unspecified atom stereocenters. The zero-order chi connectivity index (χ0) is 18.4. The predicted octanol–water partition coefficient (Wildman–Crippen LogP) is 5.55. The average Bonchev–Trinajstić information content (AvgIpc) is 2.66. The van der Waals surface area contributed by atoms with Gasteiger partial charge in [0.2, 0.25) is 0 Å². The fourth-order valence-electron chi connectivity index (χ4n) is 2.43. The lowest BCUT2D eigenvalue weighted by atomic mass is 10.2. The van der Waals surface area contributed by atoms with Gasteiger partial charge in [-0.1, -0.05) is 46.3 Å². The van der Waals surface area contributed by atoms with E-state index < -0.39 is 0 Å². The number of nitrogens with two attached hydrogens (primary N) is 1. The molecule has 0 saturated carbocycles. The average molecular weight is 408 g/mol. The van der Waals surface area contributed by atoms with Crippen LogP contribution in [-0.4, -0.2) is 6.03 Å². The minimum Gasteiger partial charge on any atom is -0.399 e. The number of halogens is 1. The van der Waals surface area contributed by atoms with Crippen LogP contribution in [0, 0.1) is 0 Å². The first kappa shape index (κ1) is 17.8. The SMILES string of the molecule is Nc1ccc(N(C(=O)N/C=C/c2ccc(Br)cc2)c2ccccc2)cc1. The summed E-state index contributed by atoms with van der Waals surface area (Å²) in [5.41, 5.74) is 8.91. The summed E-state index contributed by atoms with van der Waals surface area (Å²) in [7, 11) is 0. The van der Waals surface area contributed by atoms with Gasteiger partial charge in [0.1, 0.15) is 0 Å². The molecule has 0 spiro atoms. The standard InChI is InChI=1S/C21H18BrN3O/c22-17-8-6-16(7-9-17)14-15-24-21(26)25(19-4-2-1-3-5-19)20-12-10-18(23)11-13-20/h1-15H,23H2,(H,24,26)/b15-14+. The molecule has 0 radical (unpaired) electrons. The maximum Gasteiger partial charge on any atom is 0.330 e. The monoisotopic (exact) mass is 407 g/mol. The number of carbonyl (C=O) groups excluding carboxylic acids is 1. The number of hydrogen-bond donors (Lipinski definition) is 2. The van der Waals surface area contributed by atoms with Crippen molar-refractivity contribution in [3.8, 4) is 0 Å². The van der Waals surface area contributed by atoms with E-state index in [0.717, 1.165) is 21.4 Å². The smallest absolute Gasteiger partial charge is 0.330 e. The van der Waals surface area contributed by atoms with E-state index in [1.807, 2.05) is 72.8 Å². The molecule has 0 aliphatic heterocycles. The summed E-state index contributed by atoms with van der Waals surface area (Å²) in [6.07, 6.45) is 3.48. The van der Waals surface area contributed by atoms with E-state index >= 15 is 0 Å². The molecule has 0 fully saturated rings. The summed E-state index contributed by atoms with van der Waals surface area (Å²) >= 11 is 3.40. The minimum absolute atomic E-state index is 0.255. The number of hydrogen-bond acceptors (Lipinski definition) is 2. The van der Waals surface area contributed by atoms with E-state index in [9.17, 15) is 4.79 Å². The lowest BCUT2D eigenvalue weighted by Gasteiger charge is -2.22. The number of nitrogens with zero attached hydrogens (tertiary/aromatic N) is 1. The quantitative estimate of drug-likeness (QED) is 0.556. The molecule has 0 aliphatic carbocycles. The Morgan fingerprint density at radius 2 is 1.50 bits per heavy atom. The molecular weight excluding hydrogens is 390 g/mol. The summed E-state index contributed by atoms with van der Waals surface area (Å²) in [5.74, 6) is 0. The van der Waals surface area contributed by atoms with E-state index in [0.29, 0.717) is 5.69 Å². The number of nitrogens with one attached hydrogen (secondary N) is 1. The molecular formula is C21H18BrN3O. The molecule has 0 aliphatic rings. The minimum atomic E-state index is -0.255. The highest BCUT2D eigenvalue weighted by molar-refractivity contribution is 9.10. The lowest BCUT2D eigenvalue weighted by molar-refractivity contribution is 0.251. The highest BCUT2D eigenvalue weighted by atomic mass is 79.9. The van der Waals surface area contributed by atoms with Crippen LogP contribution in [0.15, 0.2) is 89.5 Å². The number of para-hydroxylation sites is 1. The van der Waals surface area contributed by atoms with Gasteiger partial charge in [0, 0.05) is 16.4 Å². The summed E-state index contributed by atoms with van der Waals surface area (Å²) < 4.78 is 1.01. The number of amides is 2. The van der Waals surface area contributed by atoms with Gasteiger partial charge in [-0.25, -0.2) is 4.79 Å². The Balaban J connectivity index is 1.81. The number of benzene rings is 3. The molecule has 130 valence electrons. The number of rotatable bonds is 4. The molecule has 3 aromatic rings. The van der Waals surface area contributed by atoms with Gasteiger partial charge < -0.3 is 11.1 Å². The van der Waals surface area contributed by atoms with Crippen molar-refractivity contribution in [2.24, 2.45) is 0 Å². The van der Waals surface area contributed by atoms with Crippen LogP contribution in [0.5, 0.6) is 0 Å². The number of urea groups is 1. The van der Waals surface area contributed by atoms with Gasteiger partial charge in [0.05, 0.1) is 11.4 Å². The Morgan fingerprint density at radius 3 is 2.15 bits per heavy atom. The lowest BCUT2D eigenvalue weighted by Crippen LogP contribution is -2.33. The van der Waals surface area contributed by atoms with Crippen molar-refractivity contribution in [2.75, 3.05) is 10.6 Å². The zero-order valence-electron chi connectivity index (χ0n) is 14.0. The van der Waals surface area contributed by atoms with Crippen LogP contribution in [-0.2, 0) is 0 Å². The normalized spacial score (nSPS) is 10.7. The van der Waals surface area contributed by atoms with Crippen LogP contribution < -0.4 is 16.0 Å². The summed E-state index contributed by atoms with van der Waals surface area (Å²) in [6.45, 7) is 0. The third-order valence-corrected chi connectivity index (χ3v) is 4.25. The molecule has 3 rings (SSSR count). The van der Waals surface area contributed by atoms with Crippen LogP contribution in [0.3, 0.4) is 0 Å². The topological polar surface area (TPSA) is 58.4 Å². The van der Waals surface area contributed by atoms with Gasteiger partial charge in [-0.15, -0.1) is 0 Å². The second kappa shape index (κ2) is 8.36. The van der Waals surface area contributed by atoms with Gasteiger partial charge in [-0.2, -0.15) is 0 Å². The van der Waals surface area contributed by atoms with Crippen molar-refractivity contribution in [2.45, 2.75) is 0 Å². The second-order valence-corrected chi connectivity index (χ2v) is 6.51. The second-order valence-electron chi connectivity index (χ2n) is 5.60. The Kier molecular flexibility index (Phi) is 5.71. The molecule has 26 heavy (non-hydrogen) atoms. The van der Waals surface area contributed by atoms with Gasteiger partial charge in [0.15, 0.2) is 0 Å². The van der Waals surface area contributed by atoms with Crippen molar-refractivity contribution in [3.63, 3.8) is 0 Å². The zero-order valence-corrected chi connectivity index (χ0v) is 15.6. The van der Waals surface area contributed by atoms with E-state index in [2.05, 4.69) is 21.2 Å². The fourth-order valence-corrected chi connectivity index (χ4v) is 2.70. The number of nitrogen functional groups attached to an aromatic ring is 1. The van der Waals surface area contributed by atoms with Crippen molar-refractivity contribution < 1.29 is 4.79 Å². The van der Waals surface area contributed by atoms with Crippen LogP contribution in [0.2, 0.25) is 0 Å². The van der Waals surface area contributed by atoms with Gasteiger partial charge in [-0.3, -0.25) is 4.90 Å². The number of anilines is 3. The van der Waals surface area contributed by atoms with Crippen LogP contribution >= 0.6 is 15.9 Å². The Bertz CT molecular complexity index is 891. The molecule has 3 aromatic carbocycles. The molecule has 0 aromatic heterocycles. The highest BCUT2D eigenvalue weighted by Gasteiger charge is 2.16. The molecule has 4 nitrogen and oxygen atoms in total. The Hall–Kier alpha value is -3.05. The summed E-state index contributed by atoms with van der Waals surface area (Å²) in [5, 5.41) is 2.82. The molecule has 0 atom stereocenters. The highest BCUT2D eigenvalue weighted by Crippen LogP contribution is 2.26. The van der Waals surface area contributed by atoms with Crippen LogP contribution in [0.25, 0.3) is 6.08 Å². The van der Waals surface area contributed by atoms with Gasteiger partial charge in [0.25, 0.3) is 0 Å². The van der Waals surface area contributed by atoms with Crippen molar-refractivity contribution in [1.29, 1.82) is 0 Å². The van der Waals surface area contributed by atoms with Gasteiger partial charge >= 0.3 is 6.03 Å². The third kappa shape index (κ3) is 4.52. The van der Waals surface area contributed by atoms with Crippen molar-refractivity contribution in [3.05, 3.63) is 95.1 Å². The van der Waals surface area contributed by atoms with E-state index in [-0.39, 0.29) is 6.03 Å². The molecule has 5 heteroatoms. The maximum absolute atomic E-state index is 12.8. The van der Waals surface area contributed by atoms with E-state index in [1.54, 1.807) is 23.2 Å². The van der Waals surface area contributed by atoms with Gasteiger partial charge in [-0.05, 0) is 60.2 Å². The molecule has 3 N–H and O–H groups in total. The Morgan fingerprint density at radius 1 is 0.885 bits per heavy atom. The Labute approximate surface area is 161 Å². The van der Waals surface area contributed by atoms with E-state index in [1.165, 1.54) is 0 Å². The molecule has 2 amide bonds. The third-order valence-electron chi connectivity index (χ3n) is 3.72. The molecule has 0 saturated heterocycles. The fraction of sp³-hybridized carbons (Fsp3) is 0. The van der Waals surface area contributed by atoms with E-state index in [4.69, 9.17) is 5.73 Å². The maximum atomic E-state index is 12.8. The van der Waals surface area contributed by atoms with Crippen LogP contribution in [0.1, 0.15) is 5.56 Å². The first-order valence-electron chi connectivity index (χ1n) is 8.07. The summed E-state index contributed by atoms with van der Waals surface area (Å²) in [6, 6.07) is 24.2. The van der Waals surface area contributed by atoms with Crippen LogP contribution in [0.4, 0.5) is 21.9 Å². The first-order valence-corrected chi connectivity index (χ1v) is 8.86. The number of carbonyl (C=O) groups is 1. The first-order chi connectivity index (χ1) is 12.6. The molecule has 0 bridgehead atoms. The van der Waals surface area contributed by atoms with Crippen molar-refractivity contribution in [1.82, 2.24) is 5.32 Å².